The summed E-state index contributed by atoms with van der Waals surface area (Å²) < 4.78 is 0. The largest absolute Gasteiger partial charge is 0.391 e. The zero-order chi connectivity index (χ0) is 15.8. The Balaban J connectivity index is 1.67. The Morgan fingerprint density at radius 2 is 1.68 bits per heavy atom. The molecule has 0 spiro atoms. The number of carbonyl (C=O) groups excluding carboxylic acids is 1. The van der Waals surface area contributed by atoms with Crippen LogP contribution in [0.15, 0.2) is 54.6 Å². The fourth-order valence-electron chi connectivity index (χ4n) is 2.02. The average Bonchev–Trinajstić information content (AvgIpc) is 2.53. The quantitative estimate of drug-likeness (QED) is 0.767. The van der Waals surface area contributed by atoms with Crippen molar-refractivity contribution in [1.82, 2.24) is 10.6 Å². The maximum Gasteiger partial charge on any atom is 0.315 e. The maximum absolute atomic E-state index is 11.7. The van der Waals surface area contributed by atoms with Crippen LogP contribution in [0.25, 0.3) is 0 Å². The minimum Gasteiger partial charge on any atom is -0.391 e. The van der Waals surface area contributed by atoms with Gasteiger partial charge in [0.15, 0.2) is 0 Å². The topological polar surface area (TPSA) is 61.4 Å². The SMILES string of the molecule is O=C(NCc1ccc(Cl)cc1)NC[C@@H](O)Cc1ccccc1. The van der Waals surface area contributed by atoms with Crippen molar-refractivity contribution in [3.63, 3.8) is 0 Å². The molecular formula is C17H19ClN2O2. The summed E-state index contributed by atoms with van der Waals surface area (Å²) >= 11 is 5.80. The monoisotopic (exact) mass is 318 g/mol. The number of aliphatic hydroxyl groups is 1. The van der Waals surface area contributed by atoms with Crippen LogP contribution in [-0.2, 0) is 13.0 Å². The molecule has 0 bridgehead atoms. The van der Waals surface area contributed by atoms with E-state index in [4.69, 9.17) is 11.6 Å². The lowest BCUT2D eigenvalue weighted by atomic mass is 10.1. The molecule has 0 aliphatic carbocycles. The van der Waals surface area contributed by atoms with Crippen molar-refractivity contribution in [2.24, 2.45) is 0 Å². The molecule has 0 saturated carbocycles. The van der Waals surface area contributed by atoms with E-state index in [0.29, 0.717) is 18.0 Å². The number of carbonyl (C=O) groups is 1. The predicted molar refractivity (Wildman–Crippen MR) is 87.8 cm³/mol. The molecule has 4 nitrogen and oxygen atoms in total. The first-order valence-corrected chi connectivity index (χ1v) is 7.49. The first-order chi connectivity index (χ1) is 10.6. The van der Waals surface area contributed by atoms with Crippen LogP contribution in [-0.4, -0.2) is 23.8 Å². The third kappa shape index (κ3) is 5.76. The standard InChI is InChI=1S/C17H19ClN2O2/c18-15-8-6-14(7-9-15)11-19-17(22)20-12-16(21)10-13-4-2-1-3-5-13/h1-9,16,21H,10-12H2,(H2,19,20,22)/t16-/m0/s1. The molecule has 0 heterocycles. The van der Waals surface area contributed by atoms with Crippen LogP contribution >= 0.6 is 11.6 Å². The Morgan fingerprint density at radius 1 is 1.00 bits per heavy atom. The van der Waals surface area contributed by atoms with Crippen molar-refractivity contribution in [2.45, 2.75) is 19.1 Å². The van der Waals surface area contributed by atoms with E-state index in [1.54, 1.807) is 12.1 Å². The van der Waals surface area contributed by atoms with Gasteiger partial charge in [-0.1, -0.05) is 54.1 Å². The summed E-state index contributed by atoms with van der Waals surface area (Å²) in [4.78, 5) is 11.7. The summed E-state index contributed by atoms with van der Waals surface area (Å²) in [6, 6.07) is 16.6. The summed E-state index contributed by atoms with van der Waals surface area (Å²) in [7, 11) is 0. The molecule has 0 radical (unpaired) electrons. The Bertz CT molecular complexity index is 587. The van der Waals surface area contributed by atoms with Gasteiger partial charge in [-0.25, -0.2) is 4.79 Å². The number of aliphatic hydroxyl groups excluding tert-OH is 1. The van der Waals surface area contributed by atoms with E-state index in [0.717, 1.165) is 11.1 Å². The van der Waals surface area contributed by atoms with Crippen LogP contribution in [0.3, 0.4) is 0 Å². The molecule has 0 aliphatic rings. The molecule has 1 atom stereocenters. The second kappa shape index (κ2) is 8.41. The van der Waals surface area contributed by atoms with Crippen LogP contribution in [0.5, 0.6) is 0 Å². The molecule has 0 saturated heterocycles. The summed E-state index contributed by atoms with van der Waals surface area (Å²) in [5, 5.41) is 16.0. The van der Waals surface area contributed by atoms with E-state index in [1.807, 2.05) is 42.5 Å². The van der Waals surface area contributed by atoms with Gasteiger partial charge in [-0.3, -0.25) is 0 Å². The Morgan fingerprint density at radius 3 is 2.36 bits per heavy atom. The molecule has 0 aliphatic heterocycles. The second-order valence-electron chi connectivity index (χ2n) is 5.03. The smallest absolute Gasteiger partial charge is 0.315 e. The number of halogens is 1. The lowest BCUT2D eigenvalue weighted by Gasteiger charge is -2.13. The summed E-state index contributed by atoms with van der Waals surface area (Å²) in [5.41, 5.74) is 2.00. The van der Waals surface area contributed by atoms with Gasteiger partial charge in [-0.2, -0.15) is 0 Å². The molecule has 2 aromatic carbocycles. The normalized spacial score (nSPS) is 11.7. The van der Waals surface area contributed by atoms with Crippen molar-refractivity contribution < 1.29 is 9.90 Å². The van der Waals surface area contributed by atoms with Gasteiger partial charge in [0.05, 0.1) is 6.10 Å². The highest BCUT2D eigenvalue weighted by Gasteiger charge is 2.07. The average molecular weight is 319 g/mol. The number of nitrogens with one attached hydrogen (secondary N) is 2. The molecule has 3 N–H and O–H groups in total. The van der Waals surface area contributed by atoms with Crippen LogP contribution in [0.1, 0.15) is 11.1 Å². The van der Waals surface area contributed by atoms with E-state index in [2.05, 4.69) is 10.6 Å². The Hall–Kier alpha value is -2.04. The third-order valence-corrected chi connectivity index (χ3v) is 3.43. The van der Waals surface area contributed by atoms with Gasteiger partial charge in [0, 0.05) is 24.5 Å². The first kappa shape index (κ1) is 16.3. The van der Waals surface area contributed by atoms with Crippen molar-refractivity contribution in [3.8, 4) is 0 Å². The number of benzene rings is 2. The Kier molecular flexibility index (Phi) is 6.25. The van der Waals surface area contributed by atoms with Crippen molar-refractivity contribution in [3.05, 3.63) is 70.7 Å². The van der Waals surface area contributed by atoms with Crippen molar-refractivity contribution in [2.75, 3.05) is 6.54 Å². The molecule has 2 aromatic rings. The van der Waals surface area contributed by atoms with Crippen molar-refractivity contribution >= 4 is 17.6 Å². The van der Waals surface area contributed by atoms with E-state index in [-0.39, 0.29) is 12.6 Å². The highest BCUT2D eigenvalue weighted by Crippen LogP contribution is 2.09. The van der Waals surface area contributed by atoms with Crippen LogP contribution < -0.4 is 10.6 Å². The molecule has 5 heteroatoms. The van der Waals surface area contributed by atoms with Crippen LogP contribution in [0.2, 0.25) is 5.02 Å². The van der Waals surface area contributed by atoms with Gasteiger partial charge >= 0.3 is 6.03 Å². The number of rotatable bonds is 6. The lowest BCUT2D eigenvalue weighted by molar-refractivity contribution is 0.170. The van der Waals surface area contributed by atoms with Gasteiger partial charge in [0.25, 0.3) is 0 Å². The number of hydrogen-bond donors (Lipinski definition) is 3. The molecule has 0 fully saturated rings. The third-order valence-electron chi connectivity index (χ3n) is 3.18. The highest BCUT2D eigenvalue weighted by atomic mass is 35.5. The predicted octanol–water partition coefficient (Wildman–Crippen LogP) is 2.74. The van der Waals surface area contributed by atoms with E-state index < -0.39 is 6.10 Å². The summed E-state index contributed by atoms with van der Waals surface area (Å²) in [6.07, 6.45) is -0.0955. The second-order valence-corrected chi connectivity index (χ2v) is 5.47. The zero-order valence-corrected chi connectivity index (χ0v) is 12.9. The minimum absolute atomic E-state index is 0.210. The lowest BCUT2D eigenvalue weighted by Crippen LogP contribution is -2.39. The highest BCUT2D eigenvalue weighted by molar-refractivity contribution is 6.30. The number of amides is 2. The van der Waals surface area contributed by atoms with Gasteiger partial charge in [-0.05, 0) is 23.3 Å². The van der Waals surface area contributed by atoms with Gasteiger partial charge < -0.3 is 15.7 Å². The molecule has 116 valence electrons. The fraction of sp³-hybridized carbons (Fsp3) is 0.235. The number of urea groups is 1. The van der Waals surface area contributed by atoms with Gasteiger partial charge in [0.1, 0.15) is 0 Å². The fourth-order valence-corrected chi connectivity index (χ4v) is 2.14. The molecular weight excluding hydrogens is 300 g/mol. The molecule has 2 amide bonds. The van der Waals surface area contributed by atoms with Crippen LogP contribution in [0.4, 0.5) is 4.79 Å². The van der Waals surface area contributed by atoms with Gasteiger partial charge in [0.2, 0.25) is 0 Å². The molecule has 2 rings (SSSR count). The number of hydrogen-bond acceptors (Lipinski definition) is 2. The van der Waals surface area contributed by atoms with Gasteiger partial charge in [-0.15, -0.1) is 0 Å². The zero-order valence-electron chi connectivity index (χ0n) is 12.1. The maximum atomic E-state index is 11.7. The minimum atomic E-state index is -0.608. The summed E-state index contributed by atoms with van der Waals surface area (Å²) in [5.74, 6) is 0. The van der Waals surface area contributed by atoms with Crippen molar-refractivity contribution in [1.29, 1.82) is 0 Å². The summed E-state index contributed by atoms with van der Waals surface area (Å²) in [6.45, 7) is 0.624. The molecule has 0 unspecified atom stereocenters. The first-order valence-electron chi connectivity index (χ1n) is 7.11. The molecule has 22 heavy (non-hydrogen) atoms. The van der Waals surface area contributed by atoms with E-state index in [1.165, 1.54) is 0 Å². The van der Waals surface area contributed by atoms with Crippen LogP contribution in [0, 0.1) is 0 Å². The Labute approximate surface area is 135 Å². The molecule has 0 aromatic heterocycles. The van der Waals surface area contributed by atoms with E-state index >= 15 is 0 Å². The van der Waals surface area contributed by atoms with E-state index in [9.17, 15) is 9.90 Å².